The zero-order valence-corrected chi connectivity index (χ0v) is 18.9. The number of anilines is 2. The van der Waals surface area contributed by atoms with E-state index in [1.165, 1.54) is 6.07 Å². The maximum Gasteiger partial charge on any atom is 0.263 e. The van der Waals surface area contributed by atoms with Crippen molar-refractivity contribution in [2.75, 3.05) is 36.5 Å². The summed E-state index contributed by atoms with van der Waals surface area (Å²) in [4.78, 5) is 24.4. The van der Waals surface area contributed by atoms with Crippen molar-refractivity contribution < 1.29 is 17.9 Å². The number of carbonyl (C=O) groups is 1. The Bertz CT molecular complexity index is 1110. The molecule has 0 spiro atoms. The molecule has 0 aliphatic carbocycles. The van der Waals surface area contributed by atoms with Gasteiger partial charge in [0.15, 0.2) is 0 Å². The normalized spacial score (nSPS) is 20.3. The van der Waals surface area contributed by atoms with Crippen LogP contribution in [0.25, 0.3) is 0 Å². The first kappa shape index (κ1) is 22.2. The molecule has 1 amide bonds. The van der Waals surface area contributed by atoms with Crippen LogP contribution in [0.4, 0.5) is 11.5 Å². The molecular weight excluding hydrogens is 430 g/mol. The number of nitrogens with zero attached hydrogens (tertiary/aromatic N) is 3. The highest BCUT2D eigenvalue weighted by Gasteiger charge is 2.33. The molecule has 4 rings (SSSR count). The molecule has 2 atom stereocenters. The average molecular weight is 458 g/mol. The number of hydrogen-bond donors (Lipinski definition) is 2. The van der Waals surface area contributed by atoms with Crippen molar-refractivity contribution in [3.05, 3.63) is 48.2 Å². The summed E-state index contributed by atoms with van der Waals surface area (Å²) in [5, 5.41) is 2.88. The smallest absolute Gasteiger partial charge is 0.263 e. The van der Waals surface area contributed by atoms with Crippen LogP contribution in [-0.4, -0.2) is 57.5 Å². The van der Waals surface area contributed by atoms with Crippen molar-refractivity contribution in [1.29, 1.82) is 0 Å². The van der Waals surface area contributed by atoms with Crippen molar-refractivity contribution >= 4 is 33.3 Å². The highest BCUT2D eigenvalue weighted by molar-refractivity contribution is 7.90. The van der Waals surface area contributed by atoms with Gasteiger partial charge in [0.1, 0.15) is 17.7 Å². The molecule has 9 nitrogen and oxygen atoms in total. The van der Waals surface area contributed by atoms with Gasteiger partial charge in [-0.25, -0.2) is 13.4 Å². The first-order chi connectivity index (χ1) is 15.4. The highest BCUT2D eigenvalue weighted by atomic mass is 32.2. The minimum atomic E-state index is -3.67. The van der Waals surface area contributed by atoms with Crippen LogP contribution in [0, 0.1) is 5.92 Å². The van der Waals surface area contributed by atoms with Crippen molar-refractivity contribution in [2.24, 2.45) is 10.9 Å². The Kier molecular flexibility index (Phi) is 6.43. The Balaban J connectivity index is 1.54. The number of aliphatic imine (C=N–C) groups is 1. The van der Waals surface area contributed by atoms with E-state index in [1.807, 2.05) is 26.0 Å². The molecule has 32 heavy (non-hydrogen) atoms. The number of benzene rings is 1. The van der Waals surface area contributed by atoms with Gasteiger partial charge in [-0.2, -0.15) is 0 Å². The number of fused-ring (bicyclic) bond motifs is 1. The summed E-state index contributed by atoms with van der Waals surface area (Å²) in [6.07, 6.45) is 2.33. The maximum atomic E-state index is 13.1. The fourth-order valence-electron chi connectivity index (χ4n) is 3.69. The molecular formula is C22H27N5O4S. The molecule has 0 unspecified atom stereocenters. The number of nitrogens with one attached hydrogen (secondary N) is 2. The quantitative estimate of drug-likeness (QED) is 0.686. The largest absolute Gasteiger partial charge is 0.378 e. The van der Waals surface area contributed by atoms with E-state index in [0.29, 0.717) is 30.9 Å². The van der Waals surface area contributed by atoms with E-state index in [9.17, 15) is 13.2 Å². The highest BCUT2D eigenvalue weighted by Crippen LogP contribution is 2.24. The van der Waals surface area contributed by atoms with E-state index in [1.54, 1.807) is 24.4 Å². The van der Waals surface area contributed by atoms with Gasteiger partial charge in [0, 0.05) is 18.7 Å². The molecule has 2 aromatic rings. The van der Waals surface area contributed by atoms with E-state index in [0.717, 1.165) is 18.9 Å². The number of hydrogen-bond acceptors (Lipinski definition) is 7. The second kappa shape index (κ2) is 9.25. The molecule has 2 N–H and O–H groups in total. The Hall–Kier alpha value is -2.98. The van der Waals surface area contributed by atoms with Gasteiger partial charge in [-0.1, -0.05) is 32.4 Å². The van der Waals surface area contributed by atoms with Gasteiger partial charge >= 0.3 is 0 Å². The Labute approximate surface area is 188 Å². The predicted molar refractivity (Wildman–Crippen MR) is 122 cm³/mol. The lowest BCUT2D eigenvalue weighted by Gasteiger charge is -2.27. The average Bonchev–Trinajstić information content (AvgIpc) is 3.08. The van der Waals surface area contributed by atoms with Crippen LogP contribution in [0.3, 0.4) is 0 Å². The van der Waals surface area contributed by atoms with Crippen LogP contribution in [0.1, 0.15) is 25.8 Å². The van der Waals surface area contributed by atoms with Crippen molar-refractivity contribution in [3.8, 4) is 0 Å². The SMILES string of the molecule is CC[C@H](C)[C@H](N=C1NS(=O)(=O)c2ccccc21)C(=O)Nc1ccc(N2CCOCC2)nc1. The molecule has 10 heteroatoms. The predicted octanol–water partition coefficient (Wildman–Crippen LogP) is 2.01. The third kappa shape index (κ3) is 4.61. The van der Waals surface area contributed by atoms with Gasteiger partial charge in [0.2, 0.25) is 5.91 Å². The number of sulfonamides is 1. The van der Waals surface area contributed by atoms with Crippen molar-refractivity contribution in [1.82, 2.24) is 9.71 Å². The van der Waals surface area contributed by atoms with E-state index in [-0.39, 0.29) is 22.6 Å². The van der Waals surface area contributed by atoms with Gasteiger partial charge in [-0.3, -0.25) is 14.5 Å². The molecule has 0 radical (unpaired) electrons. The number of carbonyl (C=O) groups excluding carboxylic acids is 1. The lowest BCUT2D eigenvalue weighted by atomic mass is 9.98. The van der Waals surface area contributed by atoms with Crippen LogP contribution < -0.4 is 14.9 Å². The first-order valence-corrected chi connectivity index (χ1v) is 12.2. The summed E-state index contributed by atoms with van der Waals surface area (Å²) in [6.45, 7) is 6.79. The van der Waals surface area contributed by atoms with E-state index >= 15 is 0 Å². The molecule has 0 saturated carbocycles. The second-order valence-electron chi connectivity index (χ2n) is 7.90. The Morgan fingerprint density at radius 3 is 2.69 bits per heavy atom. The summed E-state index contributed by atoms with van der Waals surface area (Å²) in [5.74, 6) is 0.625. The lowest BCUT2D eigenvalue weighted by Crippen LogP contribution is -2.36. The van der Waals surface area contributed by atoms with Crippen LogP contribution >= 0.6 is 0 Å². The minimum Gasteiger partial charge on any atom is -0.378 e. The standard InChI is InChI=1S/C22H27N5O4S/c1-3-15(2)20(25-21-17-6-4-5-7-18(17)32(29,30)26-21)22(28)24-16-8-9-19(23-14-16)27-10-12-31-13-11-27/h4-9,14-15,20H,3,10-13H2,1-2H3,(H,24,28)(H,25,26)/t15-,20-/m0/s1. The lowest BCUT2D eigenvalue weighted by molar-refractivity contribution is -0.118. The molecule has 1 aromatic carbocycles. The number of aromatic nitrogens is 1. The third-order valence-corrected chi connectivity index (χ3v) is 7.13. The van der Waals surface area contributed by atoms with Gasteiger partial charge in [-0.15, -0.1) is 0 Å². The molecule has 0 bridgehead atoms. The summed E-state index contributed by atoms with van der Waals surface area (Å²) >= 11 is 0. The third-order valence-electron chi connectivity index (χ3n) is 5.73. The fraction of sp³-hybridized carbons (Fsp3) is 0.409. The summed E-state index contributed by atoms with van der Waals surface area (Å²) in [7, 11) is -3.67. The number of ether oxygens (including phenoxy) is 1. The second-order valence-corrected chi connectivity index (χ2v) is 9.55. The van der Waals surface area contributed by atoms with E-state index in [4.69, 9.17) is 4.74 Å². The number of morpholine rings is 1. The monoisotopic (exact) mass is 457 g/mol. The first-order valence-electron chi connectivity index (χ1n) is 10.7. The maximum absolute atomic E-state index is 13.1. The van der Waals surface area contributed by atoms with Gasteiger partial charge in [-0.05, 0) is 30.2 Å². The van der Waals surface area contributed by atoms with E-state index < -0.39 is 16.1 Å². The number of rotatable bonds is 6. The van der Waals surface area contributed by atoms with Crippen molar-refractivity contribution in [2.45, 2.75) is 31.2 Å². The van der Waals surface area contributed by atoms with Gasteiger partial charge in [0.05, 0.1) is 30.0 Å². The number of pyridine rings is 1. The fourth-order valence-corrected chi connectivity index (χ4v) is 4.93. The van der Waals surface area contributed by atoms with E-state index in [2.05, 4.69) is 24.9 Å². The molecule has 2 aliphatic heterocycles. The van der Waals surface area contributed by atoms with Gasteiger partial charge in [0.25, 0.3) is 10.0 Å². The van der Waals surface area contributed by atoms with Crippen LogP contribution in [0.15, 0.2) is 52.5 Å². The molecule has 1 aromatic heterocycles. The molecule has 170 valence electrons. The van der Waals surface area contributed by atoms with Crippen LogP contribution in [0.2, 0.25) is 0 Å². The number of amidine groups is 1. The molecule has 3 heterocycles. The summed E-state index contributed by atoms with van der Waals surface area (Å²) < 4.78 is 32.6. The van der Waals surface area contributed by atoms with Crippen LogP contribution in [0.5, 0.6) is 0 Å². The molecule has 2 aliphatic rings. The summed E-state index contributed by atoms with van der Waals surface area (Å²) in [5.41, 5.74) is 1.04. The number of amides is 1. The zero-order valence-electron chi connectivity index (χ0n) is 18.1. The molecule has 1 fully saturated rings. The zero-order chi connectivity index (χ0) is 22.7. The Morgan fingerprint density at radius 2 is 2.00 bits per heavy atom. The topological polar surface area (TPSA) is 113 Å². The van der Waals surface area contributed by atoms with Gasteiger partial charge < -0.3 is 15.0 Å². The van der Waals surface area contributed by atoms with Crippen LogP contribution in [-0.2, 0) is 19.6 Å². The molecule has 1 saturated heterocycles. The summed E-state index contributed by atoms with van der Waals surface area (Å²) in [6, 6.07) is 9.54. The van der Waals surface area contributed by atoms with Crippen molar-refractivity contribution in [3.63, 3.8) is 0 Å². The Morgan fingerprint density at radius 1 is 1.25 bits per heavy atom. The minimum absolute atomic E-state index is 0.0969.